The predicted molar refractivity (Wildman–Crippen MR) is 92.4 cm³/mol. The lowest BCUT2D eigenvalue weighted by atomic mass is 10.1. The van der Waals surface area contributed by atoms with Crippen LogP contribution in [0.25, 0.3) is 6.08 Å². The molecule has 130 valence electrons. The lowest BCUT2D eigenvalue weighted by Crippen LogP contribution is -2.01. The minimum absolute atomic E-state index is 0.0815. The number of aromatic hydroxyl groups is 1. The van der Waals surface area contributed by atoms with Gasteiger partial charge in [0.05, 0.1) is 32.5 Å². The fraction of sp³-hybridized carbons (Fsp3) is 0.158. The largest absolute Gasteiger partial charge is 0.507 e. The van der Waals surface area contributed by atoms with E-state index < -0.39 is 11.8 Å². The zero-order valence-electron chi connectivity index (χ0n) is 14.1. The Morgan fingerprint density at radius 2 is 1.68 bits per heavy atom. The third kappa shape index (κ3) is 4.17. The molecule has 0 spiro atoms. The summed E-state index contributed by atoms with van der Waals surface area (Å²) in [6.45, 7) is 0. The molecule has 0 aromatic heterocycles. The van der Waals surface area contributed by atoms with Gasteiger partial charge in [0.2, 0.25) is 0 Å². The van der Waals surface area contributed by atoms with Crippen LogP contribution in [0.4, 0.5) is 0 Å². The molecule has 6 heteroatoms. The average molecular weight is 342 g/mol. The summed E-state index contributed by atoms with van der Waals surface area (Å²) in [7, 11) is 4.18. The van der Waals surface area contributed by atoms with E-state index in [1.165, 1.54) is 39.5 Å². The maximum absolute atomic E-state index is 12.3. The summed E-state index contributed by atoms with van der Waals surface area (Å²) in [6.07, 6.45) is 2.85. The molecule has 0 aliphatic rings. The van der Waals surface area contributed by atoms with Gasteiger partial charge in [-0.1, -0.05) is 18.2 Å². The highest BCUT2D eigenvalue weighted by Crippen LogP contribution is 2.34. The van der Waals surface area contributed by atoms with E-state index in [-0.39, 0.29) is 11.3 Å². The first-order valence-electron chi connectivity index (χ1n) is 7.36. The Labute approximate surface area is 145 Å². The van der Waals surface area contributed by atoms with Crippen LogP contribution in [0.1, 0.15) is 26.3 Å². The molecular formula is C19H18O6. The van der Waals surface area contributed by atoms with Crippen molar-refractivity contribution in [1.29, 1.82) is 0 Å². The minimum atomic E-state index is -0.459. The number of methoxy groups -OCH3 is 3. The van der Waals surface area contributed by atoms with Gasteiger partial charge in [-0.3, -0.25) is 4.79 Å². The molecule has 2 aromatic carbocycles. The number of hydrogen-bond acceptors (Lipinski definition) is 6. The highest BCUT2D eigenvalue weighted by Gasteiger charge is 2.14. The number of phenols is 1. The van der Waals surface area contributed by atoms with Crippen LogP contribution >= 0.6 is 0 Å². The first-order chi connectivity index (χ1) is 12.0. The molecule has 0 amide bonds. The number of carbonyl (C=O) groups excluding carboxylic acids is 2. The van der Waals surface area contributed by atoms with Crippen LogP contribution in [-0.4, -0.2) is 38.2 Å². The van der Waals surface area contributed by atoms with Gasteiger partial charge in [-0.25, -0.2) is 4.79 Å². The highest BCUT2D eigenvalue weighted by atomic mass is 16.5. The summed E-state index contributed by atoms with van der Waals surface area (Å²) in [5.74, 6) is -0.423. The molecule has 6 nitrogen and oxygen atoms in total. The number of phenolic OH excluding ortho intramolecular Hbond substituents is 1. The molecule has 2 rings (SSSR count). The van der Waals surface area contributed by atoms with Gasteiger partial charge < -0.3 is 19.3 Å². The molecule has 0 radical (unpaired) electrons. The smallest absolute Gasteiger partial charge is 0.337 e. The fourth-order valence-electron chi connectivity index (χ4n) is 2.21. The predicted octanol–water partition coefficient (Wildman–Crippen LogP) is 3.09. The van der Waals surface area contributed by atoms with Crippen molar-refractivity contribution in [1.82, 2.24) is 0 Å². The molecular weight excluding hydrogens is 324 g/mol. The van der Waals surface area contributed by atoms with Gasteiger partial charge in [0.25, 0.3) is 0 Å². The first-order valence-corrected chi connectivity index (χ1v) is 7.36. The van der Waals surface area contributed by atoms with Crippen molar-refractivity contribution in [3.05, 3.63) is 59.2 Å². The lowest BCUT2D eigenvalue weighted by molar-refractivity contribution is 0.0600. The van der Waals surface area contributed by atoms with Gasteiger partial charge in [-0.15, -0.1) is 0 Å². The van der Waals surface area contributed by atoms with Crippen LogP contribution in [0.3, 0.4) is 0 Å². The van der Waals surface area contributed by atoms with Crippen molar-refractivity contribution >= 4 is 17.8 Å². The van der Waals surface area contributed by atoms with Crippen molar-refractivity contribution in [3.63, 3.8) is 0 Å². The molecule has 0 aliphatic heterocycles. The van der Waals surface area contributed by atoms with Crippen molar-refractivity contribution in [3.8, 4) is 17.2 Å². The van der Waals surface area contributed by atoms with Crippen molar-refractivity contribution in [2.75, 3.05) is 21.3 Å². The molecule has 0 fully saturated rings. The Kier molecular flexibility index (Phi) is 5.79. The number of allylic oxidation sites excluding steroid dienone is 1. The molecule has 0 unspecified atom stereocenters. The van der Waals surface area contributed by atoms with E-state index in [9.17, 15) is 14.7 Å². The lowest BCUT2D eigenvalue weighted by Gasteiger charge is -2.10. The molecule has 25 heavy (non-hydrogen) atoms. The number of rotatable bonds is 6. The zero-order chi connectivity index (χ0) is 18.4. The maximum atomic E-state index is 12.3. The van der Waals surface area contributed by atoms with Gasteiger partial charge in [0, 0.05) is 6.07 Å². The van der Waals surface area contributed by atoms with Crippen LogP contribution < -0.4 is 9.47 Å². The summed E-state index contributed by atoms with van der Waals surface area (Å²) in [6, 6.07) is 9.37. The van der Waals surface area contributed by atoms with Gasteiger partial charge in [0.1, 0.15) is 5.75 Å². The van der Waals surface area contributed by atoms with E-state index in [2.05, 4.69) is 4.74 Å². The second-order valence-electron chi connectivity index (χ2n) is 5.04. The Hall–Kier alpha value is -3.28. The first kappa shape index (κ1) is 18.1. The monoisotopic (exact) mass is 342 g/mol. The van der Waals surface area contributed by atoms with E-state index >= 15 is 0 Å². The Balaban J connectivity index is 2.28. The molecule has 0 saturated carbocycles. The standard InChI is InChI=1S/C19H18O6/c1-23-17-10-14(16(21)11-18(17)24-2)15(20)8-7-12-5-4-6-13(9-12)19(22)25-3/h4-11,21H,1-3H3/b8-7+. The molecule has 1 N–H and O–H groups in total. The number of carbonyl (C=O) groups is 2. The normalized spacial score (nSPS) is 10.5. The van der Waals surface area contributed by atoms with Crippen molar-refractivity contribution < 1.29 is 28.9 Å². The van der Waals surface area contributed by atoms with E-state index in [1.807, 2.05) is 0 Å². The third-order valence-corrected chi connectivity index (χ3v) is 3.50. The summed E-state index contributed by atoms with van der Waals surface area (Å²) in [4.78, 5) is 23.9. The molecule has 0 bridgehead atoms. The minimum Gasteiger partial charge on any atom is -0.507 e. The van der Waals surface area contributed by atoms with Crippen LogP contribution in [0, 0.1) is 0 Å². The Morgan fingerprint density at radius 1 is 1.00 bits per heavy atom. The number of benzene rings is 2. The van der Waals surface area contributed by atoms with E-state index in [0.717, 1.165) is 0 Å². The average Bonchev–Trinajstić information content (AvgIpc) is 2.65. The number of ether oxygens (including phenoxy) is 3. The number of esters is 1. The molecule has 2 aromatic rings. The van der Waals surface area contributed by atoms with Gasteiger partial charge >= 0.3 is 5.97 Å². The van der Waals surface area contributed by atoms with Crippen LogP contribution in [-0.2, 0) is 4.74 Å². The quantitative estimate of drug-likeness (QED) is 0.493. The fourth-order valence-corrected chi connectivity index (χ4v) is 2.21. The van der Waals surface area contributed by atoms with E-state index in [1.54, 1.807) is 30.3 Å². The maximum Gasteiger partial charge on any atom is 0.337 e. The van der Waals surface area contributed by atoms with Crippen LogP contribution in [0.5, 0.6) is 17.2 Å². The van der Waals surface area contributed by atoms with E-state index in [0.29, 0.717) is 22.6 Å². The third-order valence-electron chi connectivity index (χ3n) is 3.50. The Bertz CT molecular complexity index is 823. The van der Waals surface area contributed by atoms with Gasteiger partial charge in [-0.2, -0.15) is 0 Å². The number of hydrogen-bond donors (Lipinski definition) is 1. The van der Waals surface area contributed by atoms with Crippen molar-refractivity contribution in [2.24, 2.45) is 0 Å². The summed E-state index contributed by atoms with van der Waals surface area (Å²) in [5.41, 5.74) is 1.11. The molecule has 0 atom stereocenters. The highest BCUT2D eigenvalue weighted by molar-refractivity contribution is 6.09. The Morgan fingerprint density at radius 3 is 2.32 bits per heavy atom. The van der Waals surface area contributed by atoms with Crippen LogP contribution in [0.15, 0.2) is 42.5 Å². The summed E-state index contributed by atoms with van der Waals surface area (Å²) in [5, 5.41) is 10.0. The van der Waals surface area contributed by atoms with Crippen LogP contribution in [0.2, 0.25) is 0 Å². The molecule has 0 aliphatic carbocycles. The number of ketones is 1. The topological polar surface area (TPSA) is 82.1 Å². The second-order valence-corrected chi connectivity index (χ2v) is 5.04. The SMILES string of the molecule is COC(=O)c1cccc(/C=C/C(=O)c2cc(OC)c(OC)cc2O)c1. The molecule has 0 heterocycles. The summed E-state index contributed by atoms with van der Waals surface area (Å²) >= 11 is 0. The molecule has 0 saturated heterocycles. The second kappa shape index (κ2) is 8.01. The van der Waals surface area contributed by atoms with Crippen molar-refractivity contribution in [2.45, 2.75) is 0 Å². The summed E-state index contributed by atoms with van der Waals surface area (Å²) < 4.78 is 14.9. The van der Waals surface area contributed by atoms with Gasteiger partial charge in [-0.05, 0) is 29.8 Å². The van der Waals surface area contributed by atoms with E-state index in [4.69, 9.17) is 9.47 Å². The zero-order valence-corrected chi connectivity index (χ0v) is 14.1. The van der Waals surface area contributed by atoms with Gasteiger partial charge in [0.15, 0.2) is 17.3 Å².